The monoisotopic (exact) mass is 477 g/mol. The molecule has 2 unspecified atom stereocenters. The third kappa shape index (κ3) is 7.02. The summed E-state index contributed by atoms with van der Waals surface area (Å²) in [5.74, 6) is 0.484. The number of nitrogens with one attached hydrogen (secondary N) is 1. The van der Waals surface area contributed by atoms with Crippen LogP contribution in [0.5, 0.6) is 5.75 Å². The number of benzene rings is 2. The smallest absolute Gasteiger partial charge is 0.255 e. The molecule has 34 heavy (non-hydrogen) atoms. The molecule has 1 saturated heterocycles. The minimum atomic E-state index is -0.807. The zero-order chi connectivity index (χ0) is 24.9. The van der Waals surface area contributed by atoms with Crippen molar-refractivity contribution in [2.24, 2.45) is 5.92 Å². The summed E-state index contributed by atoms with van der Waals surface area (Å²) in [6, 6.07) is 12.6. The summed E-state index contributed by atoms with van der Waals surface area (Å²) in [7, 11) is 5.80. The third-order valence-corrected chi connectivity index (χ3v) is 6.43. The lowest BCUT2D eigenvalue weighted by atomic mass is 9.87. The van der Waals surface area contributed by atoms with Gasteiger partial charge in [0.15, 0.2) is 0 Å². The number of carbonyl (C=O) groups is 1. The van der Waals surface area contributed by atoms with Crippen LogP contribution < -0.4 is 10.1 Å². The standard InChI is InChI=1S/C26H32BN3O3S/c1-17-12-18(14-28)7-10-22(17)24(31)29-21-9-8-19(23(13-21)33-25(27)34)15-30-11-5-4-6-20(16-30)26(2,3)32/h7-10,12-13,20,25,32,34H,4-6,11,15-16H2,1-3H3,(H,29,31). The van der Waals surface area contributed by atoms with Crippen molar-refractivity contribution in [3.63, 3.8) is 0 Å². The second kappa shape index (κ2) is 11.3. The molecular formula is C26H32BN3O3S. The van der Waals surface area contributed by atoms with Crippen molar-refractivity contribution in [2.45, 2.75) is 57.5 Å². The number of likely N-dealkylation sites (tertiary alicyclic amines) is 1. The second-order valence-corrected chi connectivity index (χ2v) is 10.0. The van der Waals surface area contributed by atoms with E-state index in [1.54, 1.807) is 31.2 Å². The topological polar surface area (TPSA) is 85.6 Å². The molecule has 2 N–H and O–H groups in total. The first kappa shape index (κ1) is 26.1. The Morgan fingerprint density at radius 1 is 1.35 bits per heavy atom. The van der Waals surface area contributed by atoms with Crippen LogP contribution in [0.3, 0.4) is 0 Å². The molecule has 1 aliphatic heterocycles. The van der Waals surface area contributed by atoms with Gasteiger partial charge < -0.3 is 15.2 Å². The molecule has 0 saturated carbocycles. The molecule has 2 aromatic carbocycles. The van der Waals surface area contributed by atoms with Crippen LogP contribution in [0.4, 0.5) is 5.69 Å². The number of rotatable bonds is 7. The van der Waals surface area contributed by atoms with Crippen LogP contribution in [0.1, 0.15) is 60.2 Å². The molecule has 1 aliphatic rings. The van der Waals surface area contributed by atoms with E-state index in [1.807, 2.05) is 26.0 Å². The van der Waals surface area contributed by atoms with Gasteiger partial charge in [0.2, 0.25) is 0 Å². The molecule has 0 aliphatic carbocycles. The van der Waals surface area contributed by atoms with Gasteiger partial charge in [-0.3, -0.25) is 9.69 Å². The molecule has 2 radical (unpaired) electrons. The maximum Gasteiger partial charge on any atom is 0.255 e. The molecule has 1 heterocycles. The van der Waals surface area contributed by atoms with Crippen molar-refractivity contribution in [1.29, 1.82) is 5.26 Å². The molecular weight excluding hydrogens is 445 g/mol. The number of nitriles is 1. The fourth-order valence-electron chi connectivity index (χ4n) is 4.37. The number of hydrogen-bond acceptors (Lipinski definition) is 6. The van der Waals surface area contributed by atoms with Gasteiger partial charge in [-0.15, -0.1) is 12.6 Å². The Balaban J connectivity index is 1.79. The highest BCUT2D eigenvalue weighted by atomic mass is 32.1. The number of carbonyl (C=O) groups excluding carboxylic acids is 1. The summed E-state index contributed by atoms with van der Waals surface area (Å²) < 4.78 is 5.77. The summed E-state index contributed by atoms with van der Waals surface area (Å²) >= 11 is 4.18. The Hall–Kier alpha value is -2.47. The van der Waals surface area contributed by atoms with E-state index in [9.17, 15) is 9.90 Å². The molecule has 6 nitrogen and oxygen atoms in total. The summed E-state index contributed by atoms with van der Waals surface area (Å²) in [5, 5.41) is 21.7. The number of amides is 1. The van der Waals surface area contributed by atoms with E-state index in [-0.39, 0.29) is 11.8 Å². The molecule has 8 heteroatoms. The molecule has 178 valence electrons. The lowest BCUT2D eigenvalue weighted by Gasteiger charge is -2.32. The van der Waals surface area contributed by atoms with Gasteiger partial charge in [0.1, 0.15) is 13.6 Å². The number of anilines is 1. The molecule has 0 bridgehead atoms. The zero-order valence-electron chi connectivity index (χ0n) is 20.0. The normalized spacial score (nSPS) is 17.9. The Kier molecular flexibility index (Phi) is 8.70. The van der Waals surface area contributed by atoms with Gasteiger partial charge in [-0.2, -0.15) is 5.26 Å². The molecule has 2 atom stereocenters. The fourth-order valence-corrected chi connectivity index (χ4v) is 4.48. The number of hydrogen-bond donors (Lipinski definition) is 3. The Labute approximate surface area is 209 Å². The molecule has 0 spiro atoms. The average molecular weight is 477 g/mol. The predicted molar refractivity (Wildman–Crippen MR) is 138 cm³/mol. The molecule has 1 amide bonds. The van der Waals surface area contributed by atoms with Crippen molar-refractivity contribution in [1.82, 2.24) is 4.90 Å². The number of ether oxygens (including phenoxy) is 1. The van der Waals surface area contributed by atoms with Gasteiger partial charge in [-0.25, -0.2) is 0 Å². The average Bonchev–Trinajstić information content (AvgIpc) is 3.00. The van der Waals surface area contributed by atoms with Gasteiger partial charge in [0.05, 0.1) is 22.6 Å². The van der Waals surface area contributed by atoms with Crippen LogP contribution in [0.25, 0.3) is 0 Å². The third-order valence-electron chi connectivity index (χ3n) is 6.32. The Morgan fingerprint density at radius 3 is 2.76 bits per heavy atom. The van der Waals surface area contributed by atoms with Crippen molar-refractivity contribution in [3.05, 3.63) is 58.7 Å². The van der Waals surface area contributed by atoms with E-state index in [0.717, 1.165) is 43.5 Å². The van der Waals surface area contributed by atoms with Crippen molar-refractivity contribution in [3.8, 4) is 11.8 Å². The number of aryl methyl sites for hydroxylation is 1. The predicted octanol–water partition coefficient (Wildman–Crippen LogP) is 4.25. The number of nitrogens with zero attached hydrogens (tertiary/aromatic N) is 2. The van der Waals surface area contributed by atoms with E-state index in [4.69, 9.17) is 17.8 Å². The van der Waals surface area contributed by atoms with Crippen molar-refractivity contribution < 1.29 is 14.6 Å². The first-order chi connectivity index (χ1) is 16.1. The van der Waals surface area contributed by atoms with E-state index in [0.29, 0.717) is 29.1 Å². The lowest BCUT2D eigenvalue weighted by Crippen LogP contribution is -2.39. The quantitative estimate of drug-likeness (QED) is 0.315. The zero-order valence-corrected chi connectivity index (χ0v) is 20.9. The summed E-state index contributed by atoms with van der Waals surface area (Å²) in [4.78, 5) is 15.2. The van der Waals surface area contributed by atoms with Gasteiger partial charge in [-0.05, 0) is 75.9 Å². The van der Waals surface area contributed by atoms with Gasteiger partial charge in [-0.1, -0.05) is 12.5 Å². The van der Waals surface area contributed by atoms with Crippen molar-refractivity contribution in [2.75, 3.05) is 18.4 Å². The minimum Gasteiger partial charge on any atom is -0.490 e. The van der Waals surface area contributed by atoms with Gasteiger partial charge in [0.25, 0.3) is 5.91 Å². The Morgan fingerprint density at radius 2 is 2.12 bits per heavy atom. The first-order valence-corrected chi connectivity index (χ1v) is 12.1. The highest BCUT2D eigenvalue weighted by molar-refractivity contribution is 7.82. The summed E-state index contributed by atoms with van der Waals surface area (Å²) in [5.41, 5.74) is 2.52. The largest absolute Gasteiger partial charge is 0.490 e. The number of aliphatic hydroxyl groups is 1. The second-order valence-electron chi connectivity index (χ2n) is 9.51. The molecule has 1 fully saturated rings. The maximum absolute atomic E-state index is 12.8. The van der Waals surface area contributed by atoms with Crippen LogP contribution in [0.2, 0.25) is 0 Å². The van der Waals surface area contributed by atoms with Crippen LogP contribution >= 0.6 is 12.6 Å². The van der Waals surface area contributed by atoms with E-state index in [2.05, 4.69) is 28.9 Å². The highest BCUT2D eigenvalue weighted by Crippen LogP contribution is 2.30. The lowest BCUT2D eigenvalue weighted by molar-refractivity contribution is 0.00105. The first-order valence-electron chi connectivity index (χ1n) is 11.6. The van der Waals surface area contributed by atoms with E-state index >= 15 is 0 Å². The van der Waals surface area contributed by atoms with Crippen LogP contribution in [-0.2, 0) is 6.54 Å². The van der Waals surface area contributed by atoms with Crippen LogP contribution in [-0.4, -0.2) is 47.8 Å². The minimum absolute atomic E-state index is 0.195. The van der Waals surface area contributed by atoms with E-state index < -0.39 is 10.9 Å². The number of thiol groups is 1. The molecule has 3 rings (SSSR count). The maximum atomic E-state index is 12.8. The van der Waals surface area contributed by atoms with Crippen LogP contribution in [0.15, 0.2) is 36.4 Å². The Bertz CT molecular complexity index is 1060. The van der Waals surface area contributed by atoms with Gasteiger partial charge >= 0.3 is 0 Å². The molecule has 2 aromatic rings. The fraction of sp³-hybridized carbons (Fsp3) is 0.462. The molecule has 0 aromatic heterocycles. The highest BCUT2D eigenvalue weighted by Gasteiger charge is 2.30. The van der Waals surface area contributed by atoms with Gasteiger partial charge in [0, 0.05) is 36.0 Å². The summed E-state index contributed by atoms with van der Waals surface area (Å²) in [6.45, 7) is 7.94. The van der Waals surface area contributed by atoms with Crippen molar-refractivity contribution >= 4 is 32.1 Å². The van der Waals surface area contributed by atoms with Crippen LogP contribution in [0, 0.1) is 24.2 Å². The van der Waals surface area contributed by atoms with E-state index in [1.165, 1.54) is 0 Å². The SMILES string of the molecule is [B]C(S)Oc1cc(NC(=O)c2ccc(C#N)cc2C)ccc1CN1CCCCC(C(C)(C)O)C1. The summed E-state index contributed by atoms with van der Waals surface area (Å²) in [6.07, 6.45) is 3.17.